The monoisotopic (exact) mass is 683 g/mol. The van der Waals surface area contributed by atoms with Crippen molar-refractivity contribution in [3.63, 3.8) is 0 Å². The van der Waals surface area contributed by atoms with Crippen LogP contribution in [-0.2, 0) is 16.6 Å². The Balaban J connectivity index is 1.48. The van der Waals surface area contributed by atoms with Crippen LogP contribution < -0.4 is 14.4 Å². The Labute approximate surface area is 289 Å². The van der Waals surface area contributed by atoms with E-state index in [1.54, 1.807) is 29.3 Å². The molecule has 4 aromatic rings. The maximum Gasteiger partial charge on any atom is 0.264 e. The molecule has 2 aliphatic rings. The normalized spacial score (nSPS) is 17.9. The van der Waals surface area contributed by atoms with Crippen molar-refractivity contribution >= 4 is 27.7 Å². The van der Waals surface area contributed by atoms with Crippen LogP contribution in [-0.4, -0.2) is 64.9 Å². The van der Waals surface area contributed by atoms with Gasteiger partial charge in [-0.2, -0.15) is 4.98 Å². The number of nitrogens with zero attached hydrogens (tertiary/aromatic N) is 6. The van der Waals surface area contributed by atoms with Crippen molar-refractivity contribution in [2.24, 2.45) is 5.41 Å². The molecule has 2 aromatic heterocycles. The van der Waals surface area contributed by atoms with E-state index < -0.39 is 16.1 Å². The first kappa shape index (κ1) is 34.3. The number of hydrogen-bond acceptors (Lipinski definition) is 9. The Hall–Kier alpha value is -4.58. The average molecular weight is 684 g/mol. The van der Waals surface area contributed by atoms with Gasteiger partial charge in [-0.05, 0) is 81.2 Å². The maximum atomic E-state index is 14.6. The van der Waals surface area contributed by atoms with Gasteiger partial charge in [0.15, 0.2) is 0 Å². The number of benzene rings is 2. The van der Waals surface area contributed by atoms with Crippen molar-refractivity contribution in [3.05, 3.63) is 82.8 Å². The van der Waals surface area contributed by atoms with Crippen LogP contribution in [0.15, 0.2) is 59.6 Å². The molecule has 258 valence electrons. The zero-order valence-electron chi connectivity index (χ0n) is 29.3. The van der Waals surface area contributed by atoms with Gasteiger partial charge in [0.1, 0.15) is 12.4 Å². The second-order valence-corrected chi connectivity index (χ2v) is 16.1. The number of carbonyl (C=O) groups is 1. The van der Waals surface area contributed by atoms with Gasteiger partial charge in [-0.15, -0.1) is 0 Å². The van der Waals surface area contributed by atoms with Crippen LogP contribution in [0.5, 0.6) is 5.88 Å². The molecule has 0 unspecified atom stereocenters. The average Bonchev–Trinajstić information content (AvgIpc) is 3.00. The molecule has 0 saturated heterocycles. The zero-order chi connectivity index (χ0) is 35.1. The Morgan fingerprint density at radius 3 is 2.39 bits per heavy atom. The highest BCUT2D eigenvalue weighted by molar-refractivity contribution is 7.92. The van der Waals surface area contributed by atoms with Crippen molar-refractivity contribution in [3.8, 4) is 17.1 Å². The fourth-order valence-corrected chi connectivity index (χ4v) is 7.46. The van der Waals surface area contributed by atoms with Gasteiger partial charge in [0.05, 0.1) is 40.8 Å². The van der Waals surface area contributed by atoms with Gasteiger partial charge >= 0.3 is 0 Å². The predicted molar refractivity (Wildman–Crippen MR) is 190 cm³/mol. The number of aromatic nitrogens is 4. The number of hydrogen-bond donors (Lipinski definition) is 1. The summed E-state index contributed by atoms with van der Waals surface area (Å²) >= 11 is 0. The van der Waals surface area contributed by atoms with Crippen molar-refractivity contribution in [1.82, 2.24) is 24.8 Å². The first-order chi connectivity index (χ1) is 23.2. The fraction of sp³-hybridized carbons (Fsp3) is 0.432. The van der Waals surface area contributed by atoms with E-state index in [0.29, 0.717) is 23.9 Å². The molecule has 0 spiro atoms. The van der Waals surface area contributed by atoms with E-state index in [1.165, 1.54) is 18.6 Å². The molecule has 12 heteroatoms. The van der Waals surface area contributed by atoms with Crippen LogP contribution >= 0.6 is 0 Å². The Bertz CT molecular complexity index is 1970. The Kier molecular flexibility index (Phi) is 9.36. The maximum absolute atomic E-state index is 14.6. The van der Waals surface area contributed by atoms with Gasteiger partial charge in [0.25, 0.3) is 15.9 Å². The van der Waals surface area contributed by atoms with Gasteiger partial charge in [0, 0.05) is 30.3 Å². The van der Waals surface area contributed by atoms with Gasteiger partial charge in [-0.1, -0.05) is 45.0 Å². The lowest BCUT2D eigenvalue weighted by Gasteiger charge is -2.37. The number of nitrogens with one attached hydrogen (secondary N) is 1. The van der Waals surface area contributed by atoms with Crippen LogP contribution in [0, 0.1) is 26.2 Å². The fourth-order valence-electron chi connectivity index (χ4n) is 6.47. The molecule has 1 N–H and O–H groups in total. The van der Waals surface area contributed by atoms with Crippen LogP contribution in [0.3, 0.4) is 0 Å². The van der Waals surface area contributed by atoms with Gasteiger partial charge in [-0.25, -0.2) is 23.1 Å². The number of aryl methyl sites for hydroxylation is 3. The molecular formula is C37H45N7O4S. The van der Waals surface area contributed by atoms with Crippen molar-refractivity contribution in [2.45, 2.75) is 90.7 Å². The molecule has 1 aliphatic heterocycles. The molecule has 3 heterocycles. The minimum absolute atomic E-state index is 0.0754. The van der Waals surface area contributed by atoms with Crippen LogP contribution in [0.25, 0.3) is 11.3 Å². The van der Waals surface area contributed by atoms with E-state index in [9.17, 15) is 13.2 Å². The highest BCUT2D eigenvalue weighted by Gasteiger charge is 2.33. The molecule has 1 amide bonds. The quantitative estimate of drug-likeness (QED) is 0.242. The molecule has 1 saturated carbocycles. The number of amides is 1. The van der Waals surface area contributed by atoms with Gasteiger partial charge < -0.3 is 14.5 Å². The molecular weight excluding hydrogens is 639 g/mol. The van der Waals surface area contributed by atoms with E-state index >= 15 is 0 Å². The lowest BCUT2D eigenvalue weighted by atomic mass is 9.87. The molecule has 0 radical (unpaired) electrons. The summed E-state index contributed by atoms with van der Waals surface area (Å²) in [5.41, 5.74) is 4.79. The van der Waals surface area contributed by atoms with E-state index in [-0.39, 0.29) is 46.8 Å². The van der Waals surface area contributed by atoms with E-state index in [1.807, 2.05) is 46.0 Å². The number of ether oxygens (including phenoxy) is 1. The third kappa shape index (κ3) is 7.54. The molecule has 49 heavy (non-hydrogen) atoms. The first-order valence-corrected chi connectivity index (χ1v) is 18.2. The molecule has 1 atom stereocenters. The van der Waals surface area contributed by atoms with Crippen molar-refractivity contribution < 1.29 is 17.9 Å². The third-order valence-corrected chi connectivity index (χ3v) is 10.7. The minimum atomic E-state index is -4.18. The summed E-state index contributed by atoms with van der Waals surface area (Å²) < 4.78 is 36.4. The summed E-state index contributed by atoms with van der Waals surface area (Å²) in [6.45, 7) is 12.5. The number of anilines is 2. The highest BCUT2D eigenvalue weighted by Crippen LogP contribution is 2.32. The summed E-state index contributed by atoms with van der Waals surface area (Å²) in [6.07, 6.45) is 5.80. The molecule has 1 fully saturated rings. The number of carbonyl (C=O) groups excluding carboxylic acids is 1. The largest absolute Gasteiger partial charge is 0.475 e. The summed E-state index contributed by atoms with van der Waals surface area (Å²) in [4.78, 5) is 37.2. The molecule has 1 aliphatic carbocycles. The summed E-state index contributed by atoms with van der Waals surface area (Å²) in [7, 11) is -2.14. The number of rotatable bonds is 6. The standard InChI is InChI=1S/C37H45N7O4S/c1-23-11-8-12-24(2)34(23)30-18-33-41-36(40-30)42-49(46,47)29-16-9-13-26(17-29)35(45)44(28(22-48-33)19-37(4,5)6)21-31-25(3)38-20-32(39-31)43(7)27-14-10-15-27/h8-9,11-13,16-18,20,27-28H,10,14-15,19,21-22H2,1-7H3,(H,40,41,42)/t28-/m1/s1. The van der Waals surface area contributed by atoms with Crippen LogP contribution in [0.2, 0.25) is 0 Å². The van der Waals surface area contributed by atoms with Crippen molar-refractivity contribution in [1.29, 1.82) is 0 Å². The summed E-state index contributed by atoms with van der Waals surface area (Å²) in [5.74, 6) is 0.511. The molecule has 11 nitrogen and oxygen atoms in total. The Morgan fingerprint density at radius 2 is 1.71 bits per heavy atom. The summed E-state index contributed by atoms with van der Waals surface area (Å²) in [6, 6.07) is 13.7. The van der Waals surface area contributed by atoms with Gasteiger partial charge in [0.2, 0.25) is 11.8 Å². The Morgan fingerprint density at radius 1 is 1.00 bits per heavy atom. The topological polar surface area (TPSA) is 131 Å². The van der Waals surface area contributed by atoms with Gasteiger partial charge in [-0.3, -0.25) is 9.78 Å². The summed E-state index contributed by atoms with van der Waals surface area (Å²) in [5, 5.41) is 0. The van der Waals surface area contributed by atoms with E-state index in [0.717, 1.165) is 41.0 Å². The lowest BCUT2D eigenvalue weighted by molar-refractivity contribution is 0.0508. The number of sulfonamides is 1. The smallest absolute Gasteiger partial charge is 0.264 e. The van der Waals surface area contributed by atoms with Crippen LogP contribution in [0.4, 0.5) is 11.8 Å². The predicted octanol–water partition coefficient (Wildman–Crippen LogP) is 6.49. The zero-order valence-corrected chi connectivity index (χ0v) is 30.1. The van der Waals surface area contributed by atoms with Crippen molar-refractivity contribution in [2.75, 3.05) is 23.3 Å². The highest BCUT2D eigenvalue weighted by atomic mass is 32.2. The van der Waals surface area contributed by atoms with E-state index in [2.05, 4.69) is 45.3 Å². The third-order valence-electron chi connectivity index (χ3n) is 9.37. The SMILES string of the molecule is Cc1cccc(C)c1-c1cc2nc(n1)NS(=O)(=O)c1cccc(c1)C(=O)N(Cc1nc(N(C)C3CCC3)cnc1C)[C@H](CC(C)(C)C)CO2. The second-order valence-electron chi connectivity index (χ2n) is 14.4. The molecule has 2 aromatic carbocycles. The second kappa shape index (κ2) is 13.4. The number of fused-ring (bicyclic) bond motifs is 4. The lowest BCUT2D eigenvalue weighted by Crippen LogP contribution is -2.45. The minimum Gasteiger partial charge on any atom is -0.475 e. The van der Waals surface area contributed by atoms with Crippen LogP contribution in [0.1, 0.15) is 79.3 Å². The first-order valence-electron chi connectivity index (χ1n) is 16.8. The van der Waals surface area contributed by atoms with E-state index in [4.69, 9.17) is 9.72 Å². The molecule has 4 bridgehead atoms. The molecule has 6 rings (SSSR count).